The molecule has 0 radical (unpaired) electrons. The Morgan fingerprint density at radius 2 is 1.16 bits per heavy atom. The topological polar surface area (TPSA) is 0 Å². The average Bonchev–Trinajstić information content (AvgIpc) is 2.27. The molecular weight excluding hydrogens is 305 g/mol. The highest BCUT2D eigenvalue weighted by Crippen LogP contribution is 2.19. The van der Waals surface area contributed by atoms with Gasteiger partial charge in [0.15, 0.2) is 0 Å². The minimum Gasteiger partial charge on any atom is -0.207 e. The molecule has 0 heterocycles. The quantitative estimate of drug-likeness (QED) is 0.586. The van der Waals surface area contributed by atoms with E-state index in [1.807, 2.05) is 0 Å². The van der Waals surface area contributed by atoms with Gasteiger partial charge in [0.1, 0.15) is 11.6 Å². The van der Waals surface area contributed by atoms with E-state index in [0.717, 1.165) is 11.1 Å². The van der Waals surface area contributed by atoms with Crippen LogP contribution < -0.4 is 10.4 Å². The lowest BCUT2D eigenvalue weighted by Crippen LogP contribution is -2.51. The minimum absolute atomic E-state index is 0.184. The van der Waals surface area contributed by atoms with Gasteiger partial charge in [0.05, 0.1) is 0 Å². The summed E-state index contributed by atoms with van der Waals surface area (Å²) < 4.78 is 28.0. The van der Waals surface area contributed by atoms with Gasteiger partial charge in [-0.3, -0.25) is 0 Å². The Balaban J connectivity index is 2.58. The van der Waals surface area contributed by atoms with Crippen molar-refractivity contribution >= 4 is 39.2 Å². The molecule has 2 rings (SSSR count). The maximum atomic E-state index is 14.0. The van der Waals surface area contributed by atoms with E-state index in [-0.39, 0.29) is 10.4 Å². The predicted molar refractivity (Wildman–Crippen MR) is 79.0 cm³/mol. The first-order valence-corrected chi connectivity index (χ1v) is 9.76. The van der Waals surface area contributed by atoms with Crippen molar-refractivity contribution in [2.45, 2.75) is 13.8 Å². The van der Waals surface area contributed by atoms with Crippen LogP contribution in [0.15, 0.2) is 36.4 Å². The summed E-state index contributed by atoms with van der Waals surface area (Å²) in [5.74, 6) is -0.978. The van der Waals surface area contributed by atoms with E-state index in [4.69, 9.17) is 22.2 Å². The molecule has 0 fully saturated rings. The van der Waals surface area contributed by atoms with Crippen molar-refractivity contribution in [2.75, 3.05) is 0 Å². The van der Waals surface area contributed by atoms with Crippen LogP contribution in [-0.4, -0.2) is 6.69 Å². The molecule has 0 saturated carbocycles. The smallest absolute Gasteiger partial charge is 0.207 e. The molecule has 0 unspecified atom stereocenters. The summed E-state index contributed by atoms with van der Waals surface area (Å²) in [5, 5.41) is 0.369. The fraction of sp³-hybridized carbons (Fsp3) is 0.143. The lowest BCUT2D eigenvalue weighted by Gasteiger charge is -2.19. The molecule has 0 amide bonds. The van der Waals surface area contributed by atoms with Crippen molar-refractivity contribution in [1.82, 2.24) is 0 Å². The van der Waals surface area contributed by atoms with E-state index < -0.39 is 18.3 Å². The second-order valence-electron chi connectivity index (χ2n) is 4.54. The molecule has 5 heteroatoms. The number of benzene rings is 2. The fourth-order valence-electron chi connectivity index (χ4n) is 1.89. The molecule has 0 saturated heterocycles. The van der Waals surface area contributed by atoms with Crippen LogP contribution >= 0.6 is 22.2 Å². The van der Waals surface area contributed by atoms with E-state index in [1.165, 1.54) is 24.3 Å². The van der Waals surface area contributed by atoms with E-state index >= 15 is 0 Å². The molecule has 0 aliphatic rings. The van der Waals surface area contributed by atoms with Gasteiger partial charge in [-0.1, -0.05) is 24.3 Å². The van der Waals surface area contributed by atoms with Gasteiger partial charge in [-0.15, -0.1) is 22.2 Å². The third-order valence-electron chi connectivity index (χ3n) is 2.93. The zero-order valence-corrected chi connectivity index (χ0v) is 13.0. The summed E-state index contributed by atoms with van der Waals surface area (Å²) in [5.41, 5.74) is 1.53. The zero-order chi connectivity index (χ0) is 14.2. The van der Waals surface area contributed by atoms with Crippen molar-refractivity contribution in [3.63, 3.8) is 0 Å². The SMILES string of the molecule is Cc1ccc([Si](Cl)(Cl)c2ccc(C)cc2F)c(F)c1. The number of hydrogen-bond donors (Lipinski definition) is 0. The van der Waals surface area contributed by atoms with Crippen LogP contribution in [0.5, 0.6) is 0 Å². The van der Waals surface area contributed by atoms with Gasteiger partial charge in [0.2, 0.25) is 0 Å². The van der Waals surface area contributed by atoms with Gasteiger partial charge >= 0.3 is 6.69 Å². The molecule has 0 atom stereocenters. The van der Waals surface area contributed by atoms with Gasteiger partial charge in [-0.25, -0.2) is 8.78 Å². The van der Waals surface area contributed by atoms with Crippen molar-refractivity contribution in [1.29, 1.82) is 0 Å². The summed E-state index contributed by atoms with van der Waals surface area (Å²) in [6.07, 6.45) is 0. The first-order chi connectivity index (χ1) is 8.82. The molecule has 0 aromatic heterocycles. The molecule has 0 nitrogen and oxygen atoms in total. The molecule has 0 bridgehead atoms. The third-order valence-corrected chi connectivity index (χ3v) is 7.53. The van der Waals surface area contributed by atoms with Crippen LogP contribution in [0.4, 0.5) is 8.78 Å². The van der Waals surface area contributed by atoms with E-state index in [2.05, 4.69) is 0 Å². The first-order valence-electron chi connectivity index (χ1n) is 5.73. The molecule has 2 aromatic rings. The van der Waals surface area contributed by atoms with Crippen LogP contribution in [0.2, 0.25) is 0 Å². The van der Waals surface area contributed by atoms with Crippen LogP contribution in [0.25, 0.3) is 0 Å². The summed E-state index contributed by atoms with van der Waals surface area (Å²) in [4.78, 5) is 0. The van der Waals surface area contributed by atoms with Gasteiger partial charge in [-0.05, 0) is 37.1 Å². The van der Waals surface area contributed by atoms with Crippen molar-refractivity contribution < 1.29 is 8.78 Å². The Morgan fingerprint density at radius 1 is 0.789 bits per heavy atom. The molecule has 0 N–H and O–H groups in total. The Bertz CT molecular complexity index is 573. The van der Waals surface area contributed by atoms with Crippen molar-refractivity contribution in [3.05, 3.63) is 59.2 Å². The fourth-order valence-corrected chi connectivity index (χ4v) is 5.35. The Hall–Kier alpha value is -0.903. The van der Waals surface area contributed by atoms with Gasteiger partial charge in [0.25, 0.3) is 0 Å². The lowest BCUT2D eigenvalue weighted by molar-refractivity contribution is 0.632. The highest BCUT2D eigenvalue weighted by molar-refractivity contribution is 7.56. The second kappa shape index (κ2) is 5.23. The second-order valence-corrected chi connectivity index (χ2v) is 10.7. The lowest BCUT2D eigenvalue weighted by atomic mass is 10.2. The molecular formula is C14H12Cl2F2Si. The van der Waals surface area contributed by atoms with E-state index in [9.17, 15) is 8.78 Å². The molecule has 2 aromatic carbocycles. The molecule has 0 aliphatic heterocycles. The Kier molecular flexibility index (Phi) is 3.99. The van der Waals surface area contributed by atoms with Gasteiger partial charge in [-0.2, -0.15) is 0 Å². The predicted octanol–water partition coefficient (Wildman–Crippen LogP) is 3.62. The van der Waals surface area contributed by atoms with Crippen LogP contribution in [0.3, 0.4) is 0 Å². The summed E-state index contributed by atoms with van der Waals surface area (Å²) >= 11 is 12.7. The molecule has 0 spiro atoms. The number of aryl methyl sites for hydroxylation is 2. The van der Waals surface area contributed by atoms with Crippen molar-refractivity contribution in [2.24, 2.45) is 0 Å². The third kappa shape index (κ3) is 2.83. The highest BCUT2D eigenvalue weighted by Gasteiger charge is 2.38. The van der Waals surface area contributed by atoms with Gasteiger partial charge in [0, 0.05) is 10.4 Å². The first kappa shape index (κ1) is 14.5. The average molecular weight is 317 g/mol. The van der Waals surface area contributed by atoms with Crippen LogP contribution in [0, 0.1) is 25.5 Å². The normalized spacial score (nSPS) is 11.7. The van der Waals surface area contributed by atoms with Crippen molar-refractivity contribution in [3.8, 4) is 0 Å². The Labute approximate surface area is 121 Å². The molecule has 19 heavy (non-hydrogen) atoms. The largest absolute Gasteiger partial charge is 0.316 e. The number of hydrogen-bond acceptors (Lipinski definition) is 0. The van der Waals surface area contributed by atoms with Crippen LogP contribution in [0.1, 0.15) is 11.1 Å². The standard InChI is InChI=1S/C14H12Cl2F2Si/c1-9-3-5-13(11(17)7-9)19(15,16)14-6-4-10(2)8-12(14)18/h3-8H,1-2H3. The number of halogens is 4. The van der Waals surface area contributed by atoms with Gasteiger partial charge < -0.3 is 0 Å². The minimum atomic E-state index is -3.40. The molecule has 0 aliphatic carbocycles. The Morgan fingerprint density at radius 3 is 1.47 bits per heavy atom. The summed E-state index contributed by atoms with van der Waals surface area (Å²) in [6.45, 7) is 0.142. The van der Waals surface area contributed by atoms with E-state index in [1.54, 1.807) is 26.0 Å². The maximum Gasteiger partial charge on any atom is 0.316 e. The monoisotopic (exact) mass is 316 g/mol. The summed E-state index contributed by atoms with van der Waals surface area (Å²) in [6, 6.07) is 9.22. The number of rotatable bonds is 2. The summed E-state index contributed by atoms with van der Waals surface area (Å²) in [7, 11) is 0. The van der Waals surface area contributed by atoms with Crippen LogP contribution in [-0.2, 0) is 0 Å². The zero-order valence-electron chi connectivity index (χ0n) is 10.5. The highest BCUT2D eigenvalue weighted by atomic mass is 35.7. The molecule has 100 valence electrons. The maximum absolute atomic E-state index is 14.0. The van der Waals surface area contributed by atoms with E-state index in [0.29, 0.717) is 0 Å².